The third kappa shape index (κ3) is 37.6. The summed E-state index contributed by atoms with van der Waals surface area (Å²) in [7, 11) is -4.64. The molecular formula is C42H74NO9P. The highest BCUT2D eigenvalue weighted by atomic mass is 31.2. The summed E-state index contributed by atoms with van der Waals surface area (Å²) in [6.45, 7) is 3.10. The lowest BCUT2D eigenvalue weighted by atomic mass is 10.0. The molecule has 0 heterocycles. The van der Waals surface area contributed by atoms with Gasteiger partial charge >= 0.3 is 19.8 Å². The fourth-order valence-electron chi connectivity index (χ4n) is 5.21. The maximum absolute atomic E-state index is 12.6. The summed E-state index contributed by atoms with van der Waals surface area (Å²) in [5, 5.41) is 8.87. The standard InChI is InChI=1S/C42H74NO9P/c1-3-5-7-9-11-13-15-17-19-21-23-25-27-29-31-33-35-49-36-39(37-50-53(47,48)51-38-40(43)42(45)46)52-41(44)34-32-30-28-26-24-22-20-18-16-14-12-10-8-6-4-2/h6,8,12,14,18,20,24,26,33,35,39-40H,3-5,7,9-11,13,15-17,19,21-23,25,27-32,34,36-38,43H2,1-2H3,(H,45,46)(H,47,48)/b8-6-,14-12-,20-18-,26-24-,35-33-/t39-,40+/m1/s1. The van der Waals surface area contributed by atoms with Crippen LogP contribution in [-0.4, -0.2) is 53.9 Å². The first kappa shape index (κ1) is 50.5. The van der Waals surface area contributed by atoms with Crippen LogP contribution >= 0.6 is 7.82 Å². The van der Waals surface area contributed by atoms with E-state index < -0.39 is 45.1 Å². The zero-order valence-electron chi connectivity index (χ0n) is 33.1. The number of carboxylic acids is 1. The number of nitrogens with two attached hydrogens (primary N) is 1. The normalized spacial score (nSPS) is 14.6. The molecule has 0 fully saturated rings. The summed E-state index contributed by atoms with van der Waals surface area (Å²) in [6.07, 6.45) is 45.1. The highest BCUT2D eigenvalue weighted by Gasteiger charge is 2.27. The molecule has 0 aliphatic carbocycles. The van der Waals surface area contributed by atoms with Crippen molar-refractivity contribution < 1.29 is 42.7 Å². The molecular weight excluding hydrogens is 693 g/mol. The summed E-state index contributed by atoms with van der Waals surface area (Å²) < 4.78 is 33.0. The van der Waals surface area contributed by atoms with Gasteiger partial charge in [-0.15, -0.1) is 0 Å². The quantitative estimate of drug-likeness (QED) is 0.0182. The van der Waals surface area contributed by atoms with Crippen molar-refractivity contribution in [3.05, 3.63) is 60.9 Å². The molecule has 0 aromatic heterocycles. The second-order valence-electron chi connectivity index (χ2n) is 13.5. The van der Waals surface area contributed by atoms with Gasteiger partial charge in [-0.1, -0.05) is 146 Å². The molecule has 0 amide bonds. The monoisotopic (exact) mass is 768 g/mol. The van der Waals surface area contributed by atoms with Crippen LogP contribution in [0.3, 0.4) is 0 Å². The summed E-state index contributed by atoms with van der Waals surface area (Å²) in [5.74, 6) is -1.85. The maximum Gasteiger partial charge on any atom is 0.472 e. The summed E-state index contributed by atoms with van der Waals surface area (Å²) in [5.41, 5.74) is 5.34. The van der Waals surface area contributed by atoms with Crippen LogP contribution in [0.5, 0.6) is 0 Å². The predicted octanol–water partition coefficient (Wildman–Crippen LogP) is 11.2. The molecule has 3 atom stereocenters. The highest BCUT2D eigenvalue weighted by Crippen LogP contribution is 2.43. The Kier molecular flexibility index (Phi) is 36.0. The van der Waals surface area contributed by atoms with Crippen molar-refractivity contribution >= 4 is 19.8 Å². The number of aliphatic carboxylic acids is 1. The predicted molar refractivity (Wildman–Crippen MR) is 216 cm³/mol. The number of carboxylic acid groups (broad SMARTS) is 1. The number of carbonyl (C=O) groups excluding carboxylic acids is 1. The molecule has 4 N–H and O–H groups in total. The van der Waals surface area contributed by atoms with Crippen LogP contribution in [0.2, 0.25) is 0 Å². The fourth-order valence-corrected chi connectivity index (χ4v) is 5.98. The van der Waals surface area contributed by atoms with E-state index in [1.807, 2.05) is 6.08 Å². The van der Waals surface area contributed by atoms with Crippen molar-refractivity contribution in [2.24, 2.45) is 5.73 Å². The van der Waals surface area contributed by atoms with E-state index >= 15 is 0 Å². The van der Waals surface area contributed by atoms with E-state index in [-0.39, 0.29) is 13.0 Å². The van der Waals surface area contributed by atoms with Gasteiger partial charge in [0.05, 0.1) is 19.5 Å². The Morgan fingerprint density at radius 3 is 1.64 bits per heavy atom. The minimum absolute atomic E-state index is 0.0857. The molecule has 0 radical (unpaired) electrons. The molecule has 0 spiro atoms. The highest BCUT2D eigenvalue weighted by molar-refractivity contribution is 7.47. The Morgan fingerprint density at radius 1 is 0.623 bits per heavy atom. The van der Waals surface area contributed by atoms with Gasteiger partial charge in [-0.3, -0.25) is 18.6 Å². The Hall–Kier alpha value is -2.49. The number of hydrogen-bond acceptors (Lipinski definition) is 8. The van der Waals surface area contributed by atoms with E-state index in [0.717, 1.165) is 57.8 Å². The molecule has 0 aliphatic rings. The number of allylic oxidation sites excluding steroid dienone is 9. The molecule has 0 aromatic carbocycles. The van der Waals surface area contributed by atoms with Crippen LogP contribution in [0.25, 0.3) is 0 Å². The Morgan fingerprint density at radius 2 is 1.09 bits per heavy atom. The number of esters is 1. The molecule has 0 aliphatic heterocycles. The first-order valence-electron chi connectivity index (χ1n) is 20.4. The SMILES string of the molecule is CC/C=C\C/C=C\C/C=C\C/C=C\CCCCC(=O)O[C@H](CO/C=C\CCCCCCCCCCCCCCCC)COP(=O)(O)OC[C@H](N)C(=O)O. The number of phosphoric acid groups is 1. The number of hydrogen-bond donors (Lipinski definition) is 3. The van der Waals surface area contributed by atoms with Crippen LogP contribution in [0.1, 0.15) is 162 Å². The Bertz CT molecular complexity index is 1070. The molecule has 0 saturated heterocycles. The van der Waals surface area contributed by atoms with Gasteiger partial charge in [-0.25, -0.2) is 4.57 Å². The Labute approximate surface area is 322 Å². The van der Waals surface area contributed by atoms with Gasteiger partial charge in [0.1, 0.15) is 12.6 Å². The van der Waals surface area contributed by atoms with E-state index in [1.54, 1.807) is 6.26 Å². The van der Waals surface area contributed by atoms with Gasteiger partial charge in [-0.2, -0.15) is 0 Å². The minimum Gasteiger partial charge on any atom is -0.498 e. The number of phosphoric ester groups is 1. The van der Waals surface area contributed by atoms with Crippen LogP contribution in [0.4, 0.5) is 0 Å². The van der Waals surface area contributed by atoms with Crippen LogP contribution in [0.15, 0.2) is 60.9 Å². The van der Waals surface area contributed by atoms with E-state index in [1.165, 1.54) is 77.0 Å². The smallest absolute Gasteiger partial charge is 0.472 e. The number of rotatable bonds is 38. The molecule has 0 rings (SSSR count). The first-order valence-corrected chi connectivity index (χ1v) is 21.9. The number of unbranched alkanes of at least 4 members (excludes halogenated alkanes) is 16. The van der Waals surface area contributed by atoms with E-state index in [2.05, 4.69) is 67.0 Å². The lowest BCUT2D eigenvalue weighted by molar-refractivity contribution is -0.153. The zero-order valence-corrected chi connectivity index (χ0v) is 34.0. The molecule has 0 saturated carbocycles. The second kappa shape index (κ2) is 37.8. The van der Waals surface area contributed by atoms with Gasteiger partial charge in [0.2, 0.25) is 0 Å². The van der Waals surface area contributed by atoms with Crippen LogP contribution in [0, 0.1) is 0 Å². The summed E-state index contributed by atoms with van der Waals surface area (Å²) in [4.78, 5) is 33.4. The van der Waals surface area contributed by atoms with Gasteiger partial charge in [0.25, 0.3) is 0 Å². The van der Waals surface area contributed by atoms with Crippen molar-refractivity contribution in [2.45, 2.75) is 174 Å². The van der Waals surface area contributed by atoms with E-state index in [4.69, 9.17) is 24.8 Å². The minimum atomic E-state index is -4.64. The summed E-state index contributed by atoms with van der Waals surface area (Å²) >= 11 is 0. The average Bonchev–Trinajstić information content (AvgIpc) is 3.13. The van der Waals surface area contributed by atoms with Crippen LogP contribution in [-0.2, 0) is 32.7 Å². The van der Waals surface area contributed by atoms with Gasteiger partial charge < -0.3 is 25.2 Å². The van der Waals surface area contributed by atoms with Crippen molar-refractivity contribution in [1.29, 1.82) is 0 Å². The molecule has 0 bridgehead atoms. The second-order valence-corrected chi connectivity index (χ2v) is 14.9. The third-order valence-electron chi connectivity index (χ3n) is 8.38. The van der Waals surface area contributed by atoms with Crippen molar-refractivity contribution in [1.82, 2.24) is 0 Å². The van der Waals surface area contributed by atoms with Crippen molar-refractivity contribution in [2.75, 3.05) is 19.8 Å². The molecule has 11 heteroatoms. The number of ether oxygens (including phenoxy) is 2. The van der Waals surface area contributed by atoms with Crippen LogP contribution < -0.4 is 5.73 Å². The zero-order chi connectivity index (χ0) is 39.1. The maximum atomic E-state index is 12.6. The lowest BCUT2D eigenvalue weighted by Gasteiger charge is -2.20. The largest absolute Gasteiger partial charge is 0.498 e. The fraction of sp³-hybridized carbons (Fsp3) is 0.714. The number of carbonyl (C=O) groups is 2. The Balaban J connectivity index is 4.40. The van der Waals surface area contributed by atoms with Crippen molar-refractivity contribution in [3.8, 4) is 0 Å². The topological polar surface area (TPSA) is 155 Å². The molecule has 306 valence electrons. The van der Waals surface area contributed by atoms with E-state index in [0.29, 0.717) is 6.42 Å². The molecule has 53 heavy (non-hydrogen) atoms. The molecule has 10 nitrogen and oxygen atoms in total. The van der Waals surface area contributed by atoms with Gasteiger partial charge in [0, 0.05) is 6.42 Å². The molecule has 1 unspecified atom stereocenters. The van der Waals surface area contributed by atoms with Gasteiger partial charge in [-0.05, 0) is 63.9 Å². The lowest BCUT2D eigenvalue weighted by Crippen LogP contribution is -2.34. The van der Waals surface area contributed by atoms with Gasteiger partial charge in [0.15, 0.2) is 6.10 Å². The average molecular weight is 768 g/mol. The van der Waals surface area contributed by atoms with E-state index in [9.17, 15) is 19.0 Å². The third-order valence-corrected chi connectivity index (χ3v) is 9.33. The summed E-state index contributed by atoms with van der Waals surface area (Å²) in [6, 6.07) is -1.49. The first-order chi connectivity index (χ1) is 25.7. The van der Waals surface area contributed by atoms with Crippen molar-refractivity contribution in [3.63, 3.8) is 0 Å². The molecule has 0 aromatic rings.